The van der Waals surface area contributed by atoms with E-state index in [4.69, 9.17) is 0 Å². The van der Waals surface area contributed by atoms with Crippen molar-refractivity contribution in [1.29, 1.82) is 0 Å². The Morgan fingerprint density at radius 1 is 1.44 bits per heavy atom. The Morgan fingerprint density at radius 2 is 2.17 bits per heavy atom. The highest BCUT2D eigenvalue weighted by Crippen LogP contribution is 2.24. The van der Waals surface area contributed by atoms with Gasteiger partial charge in [0.2, 0.25) is 0 Å². The van der Waals surface area contributed by atoms with Crippen molar-refractivity contribution in [3.05, 3.63) is 33.9 Å². The number of hydrogen-bond acceptors (Lipinski definition) is 3. The van der Waals surface area contributed by atoms with Crippen LogP contribution in [0.25, 0.3) is 0 Å². The van der Waals surface area contributed by atoms with Gasteiger partial charge in [-0.3, -0.25) is 10.1 Å². The summed E-state index contributed by atoms with van der Waals surface area (Å²) in [7, 11) is 0. The zero-order valence-corrected chi connectivity index (χ0v) is 10.5. The summed E-state index contributed by atoms with van der Waals surface area (Å²) in [6.07, 6.45) is 1.86. The standard InChI is InChI=1S/C12H17N3O3/c1-3-4-7-13-12(16)14-10-6-5-9(2)8-11(10)15(17)18/h5-6,8H,3-4,7H2,1-2H3,(H2,13,14,16). The van der Waals surface area contributed by atoms with Crippen molar-refractivity contribution in [3.63, 3.8) is 0 Å². The molecule has 0 atom stereocenters. The van der Waals surface area contributed by atoms with Crippen LogP contribution in [0.3, 0.4) is 0 Å². The van der Waals surface area contributed by atoms with E-state index in [2.05, 4.69) is 10.6 Å². The zero-order valence-electron chi connectivity index (χ0n) is 10.5. The molecule has 0 spiro atoms. The molecule has 0 fully saturated rings. The molecule has 0 aliphatic carbocycles. The predicted octanol–water partition coefficient (Wildman–Crippen LogP) is 2.82. The van der Waals surface area contributed by atoms with E-state index in [9.17, 15) is 14.9 Å². The Bertz CT molecular complexity index is 446. The molecule has 2 amide bonds. The minimum atomic E-state index is -0.505. The normalized spacial score (nSPS) is 9.89. The van der Waals surface area contributed by atoms with Crippen molar-refractivity contribution in [3.8, 4) is 0 Å². The van der Waals surface area contributed by atoms with E-state index in [-0.39, 0.29) is 11.4 Å². The van der Waals surface area contributed by atoms with Gasteiger partial charge in [0.25, 0.3) is 5.69 Å². The Balaban J connectivity index is 2.72. The predicted molar refractivity (Wildman–Crippen MR) is 69.8 cm³/mol. The highest BCUT2D eigenvalue weighted by Gasteiger charge is 2.15. The number of nitrogens with zero attached hydrogens (tertiary/aromatic N) is 1. The number of aryl methyl sites for hydroxylation is 1. The number of nitrogens with one attached hydrogen (secondary N) is 2. The molecule has 0 unspecified atom stereocenters. The lowest BCUT2D eigenvalue weighted by atomic mass is 10.2. The molecule has 0 saturated heterocycles. The number of amides is 2. The van der Waals surface area contributed by atoms with Gasteiger partial charge in [0.1, 0.15) is 5.69 Å². The van der Waals surface area contributed by atoms with Crippen molar-refractivity contribution in [2.45, 2.75) is 26.7 Å². The van der Waals surface area contributed by atoms with Gasteiger partial charge in [0.15, 0.2) is 0 Å². The zero-order chi connectivity index (χ0) is 13.5. The first-order valence-corrected chi connectivity index (χ1v) is 5.84. The summed E-state index contributed by atoms with van der Waals surface area (Å²) in [6, 6.07) is 4.26. The average molecular weight is 251 g/mol. The van der Waals surface area contributed by atoms with E-state index in [1.54, 1.807) is 13.0 Å². The van der Waals surface area contributed by atoms with Gasteiger partial charge in [-0.15, -0.1) is 0 Å². The second kappa shape index (κ2) is 6.58. The van der Waals surface area contributed by atoms with Gasteiger partial charge in [0, 0.05) is 12.6 Å². The molecule has 0 radical (unpaired) electrons. The number of unbranched alkanes of at least 4 members (excludes halogenated alkanes) is 1. The lowest BCUT2D eigenvalue weighted by Gasteiger charge is -2.08. The third-order valence-corrected chi connectivity index (χ3v) is 2.41. The lowest BCUT2D eigenvalue weighted by molar-refractivity contribution is -0.384. The van der Waals surface area contributed by atoms with E-state index in [0.717, 1.165) is 18.4 Å². The van der Waals surface area contributed by atoms with Crippen molar-refractivity contribution >= 4 is 17.4 Å². The number of nitro groups is 1. The third-order valence-electron chi connectivity index (χ3n) is 2.41. The van der Waals surface area contributed by atoms with Gasteiger partial charge < -0.3 is 10.6 Å². The summed E-state index contributed by atoms with van der Waals surface area (Å²) in [5, 5.41) is 16.0. The summed E-state index contributed by atoms with van der Waals surface area (Å²) in [5.41, 5.74) is 0.888. The SMILES string of the molecule is CCCCNC(=O)Nc1ccc(C)cc1[N+](=O)[O-]. The van der Waals surface area contributed by atoms with E-state index >= 15 is 0 Å². The first kappa shape index (κ1) is 14.0. The molecule has 0 aliphatic heterocycles. The molecule has 18 heavy (non-hydrogen) atoms. The maximum Gasteiger partial charge on any atom is 0.319 e. The van der Waals surface area contributed by atoms with E-state index in [0.29, 0.717) is 6.54 Å². The van der Waals surface area contributed by atoms with E-state index < -0.39 is 11.0 Å². The molecule has 6 nitrogen and oxygen atoms in total. The van der Waals surface area contributed by atoms with Gasteiger partial charge in [-0.2, -0.15) is 0 Å². The van der Waals surface area contributed by atoms with Gasteiger partial charge >= 0.3 is 6.03 Å². The van der Waals surface area contributed by atoms with Gasteiger partial charge in [-0.05, 0) is 25.0 Å². The lowest BCUT2D eigenvalue weighted by Crippen LogP contribution is -2.29. The molecule has 0 heterocycles. The number of rotatable bonds is 5. The Morgan fingerprint density at radius 3 is 2.78 bits per heavy atom. The summed E-state index contributed by atoms with van der Waals surface area (Å²) in [6.45, 7) is 4.34. The minimum Gasteiger partial charge on any atom is -0.338 e. The maximum atomic E-state index is 11.5. The fourth-order valence-corrected chi connectivity index (χ4v) is 1.44. The molecule has 0 bridgehead atoms. The van der Waals surface area contributed by atoms with Crippen LogP contribution >= 0.6 is 0 Å². The van der Waals surface area contributed by atoms with Crippen molar-refractivity contribution in [1.82, 2.24) is 5.32 Å². The number of benzene rings is 1. The topological polar surface area (TPSA) is 84.3 Å². The summed E-state index contributed by atoms with van der Waals surface area (Å²) >= 11 is 0. The monoisotopic (exact) mass is 251 g/mol. The average Bonchev–Trinajstić information content (AvgIpc) is 2.31. The molecule has 1 aromatic carbocycles. The van der Waals surface area contributed by atoms with Crippen LogP contribution in [0.4, 0.5) is 16.2 Å². The fraction of sp³-hybridized carbons (Fsp3) is 0.417. The van der Waals surface area contributed by atoms with E-state index in [1.165, 1.54) is 12.1 Å². The number of carbonyl (C=O) groups excluding carboxylic acids is 1. The van der Waals surface area contributed by atoms with Gasteiger partial charge in [0.05, 0.1) is 4.92 Å². The van der Waals surface area contributed by atoms with Crippen LogP contribution in [0.1, 0.15) is 25.3 Å². The van der Waals surface area contributed by atoms with E-state index in [1.807, 2.05) is 6.92 Å². The smallest absolute Gasteiger partial charge is 0.319 e. The van der Waals surface area contributed by atoms with Gasteiger partial charge in [-0.1, -0.05) is 19.4 Å². The third kappa shape index (κ3) is 4.04. The molecule has 1 aromatic rings. The Hall–Kier alpha value is -2.11. The molecule has 0 aromatic heterocycles. The van der Waals surface area contributed by atoms with Crippen molar-refractivity contribution < 1.29 is 9.72 Å². The molecule has 98 valence electrons. The molecular formula is C12H17N3O3. The first-order chi connectivity index (χ1) is 8.54. The molecule has 1 rings (SSSR count). The molecular weight excluding hydrogens is 234 g/mol. The van der Waals surface area contributed by atoms with Crippen LogP contribution in [-0.4, -0.2) is 17.5 Å². The second-order valence-corrected chi connectivity index (χ2v) is 4.01. The second-order valence-electron chi connectivity index (χ2n) is 4.01. The fourth-order valence-electron chi connectivity index (χ4n) is 1.44. The van der Waals surface area contributed by atoms with Crippen molar-refractivity contribution in [2.24, 2.45) is 0 Å². The Labute approximate surface area is 106 Å². The molecule has 2 N–H and O–H groups in total. The van der Waals surface area contributed by atoms with Gasteiger partial charge in [-0.25, -0.2) is 4.79 Å². The van der Waals surface area contributed by atoms with Crippen LogP contribution in [0.2, 0.25) is 0 Å². The highest BCUT2D eigenvalue weighted by atomic mass is 16.6. The highest BCUT2D eigenvalue weighted by molar-refractivity contribution is 5.91. The summed E-state index contributed by atoms with van der Waals surface area (Å²) in [5.74, 6) is 0. The van der Waals surface area contributed by atoms with Crippen molar-refractivity contribution in [2.75, 3.05) is 11.9 Å². The number of carbonyl (C=O) groups is 1. The summed E-state index contributed by atoms with van der Waals surface area (Å²) in [4.78, 5) is 21.8. The van der Waals surface area contributed by atoms with Crippen LogP contribution in [0.5, 0.6) is 0 Å². The number of anilines is 1. The molecule has 0 aliphatic rings. The van der Waals surface area contributed by atoms with Crippen LogP contribution in [0, 0.1) is 17.0 Å². The minimum absolute atomic E-state index is 0.0966. The number of hydrogen-bond donors (Lipinski definition) is 2. The maximum absolute atomic E-state index is 11.5. The van der Waals surface area contributed by atoms with Crippen LogP contribution < -0.4 is 10.6 Å². The van der Waals surface area contributed by atoms with Crippen LogP contribution in [-0.2, 0) is 0 Å². The Kier molecular flexibility index (Phi) is 5.10. The number of urea groups is 1. The number of nitro benzene ring substituents is 1. The largest absolute Gasteiger partial charge is 0.338 e. The molecule has 0 saturated carbocycles. The summed E-state index contributed by atoms with van der Waals surface area (Å²) < 4.78 is 0. The molecule has 6 heteroatoms. The quantitative estimate of drug-likeness (QED) is 0.479. The first-order valence-electron chi connectivity index (χ1n) is 5.84. The van der Waals surface area contributed by atoms with Crippen LogP contribution in [0.15, 0.2) is 18.2 Å².